The predicted molar refractivity (Wildman–Crippen MR) is 67.8 cm³/mol. The van der Waals surface area contributed by atoms with Gasteiger partial charge < -0.3 is 0 Å². The number of aryl methyl sites for hydroxylation is 2. The first-order chi connectivity index (χ1) is 7.06. The van der Waals surface area contributed by atoms with Crippen LogP contribution in [-0.4, -0.2) is 0 Å². The van der Waals surface area contributed by atoms with E-state index in [-0.39, 0.29) is 0 Å². The summed E-state index contributed by atoms with van der Waals surface area (Å²) in [6.07, 6.45) is 4.08. The molecule has 1 aromatic carbocycles. The molecule has 0 spiro atoms. The number of benzene rings is 1. The van der Waals surface area contributed by atoms with Crippen molar-refractivity contribution in [3.05, 3.63) is 59.9 Å². The first kappa shape index (κ1) is 12.0. The van der Waals surface area contributed by atoms with Crippen LogP contribution in [0.5, 0.6) is 0 Å². The van der Waals surface area contributed by atoms with Crippen molar-refractivity contribution >= 4 is 0 Å². The third-order valence-corrected chi connectivity index (χ3v) is 3.10. The Morgan fingerprint density at radius 1 is 1.33 bits per heavy atom. The van der Waals surface area contributed by atoms with E-state index < -0.39 is 0 Å². The second kappa shape index (κ2) is 5.16. The summed E-state index contributed by atoms with van der Waals surface area (Å²) in [6, 6.07) is 4.38. The van der Waals surface area contributed by atoms with Crippen LogP contribution in [-0.2, 0) is 6.42 Å². The van der Waals surface area contributed by atoms with Crippen molar-refractivity contribution in [3.63, 3.8) is 0 Å². The standard InChI is InChI=1S/C15H20/c1-6-11(2)7-9-15-10-8-12(3)13(4)14(15)5/h6,8,10H,1,5,7,9H2,2-4H3/b11-6+. The third kappa shape index (κ3) is 2.95. The van der Waals surface area contributed by atoms with Gasteiger partial charge in [-0.2, -0.15) is 0 Å². The smallest absolute Gasteiger partial charge is 0.0233 e. The van der Waals surface area contributed by atoms with Crippen molar-refractivity contribution < 1.29 is 0 Å². The van der Waals surface area contributed by atoms with Crippen LogP contribution in [0.3, 0.4) is 0 Å². The van der Waals surface area contributed by atoms with Gasteiger partial charge in [0, 0.05) is 0 Å². The summed E-state index contributed by atoms with van der Waals surface area (Å²) in [5.41, 5.74) is 6.55. The van der Waals surface area contributed by atoms with E-state index in [2.05, 4.69) is 46.8 Å². The minimum absolute atomic E-state index is 1.07. The van der Waals surface area contributed by atoms with Gasteiger partial charge in [0.25, 0.3) is 0 Å². The predicted octanol–water partition coefficient (Wildman–Crippen LogP) is 4.20. The lowest BCUT2D eigenvalue weighted by Gasteiger charge is -2.11. The van der Waals surface area contributed by atoms with E-state index in [1.165, 1.54) is 27.8 Å². The van der Waals surface area contributed by atoms with Gasteiger partial charge in [-0.25, -0.2) is 0 Å². The Bertz CT molecular complexity index is 370. The molecule has 80 valence electrons. The molecule has 0 heterocycles. The maximum atomic E-state index is 4.15. The van der Waals surface area contributed by atoms with Crippen molar-refractivity contribution in [2.45, 2.75) is 33.6 Å². The van der Waals surface area contributed by atoms with E-state index in [0.29, 0.717) is 0 Å². The van der Waals surface area contributed by atoms with Gasteiger partial charge in [-0.05, 0) is 69.7 Å². The van der Waals surface area contributed by atoms with Gasteiger partial charge in [-0.1, -0.05) is 23.8 Å². The van der Waals surface area contributed by atoms with E-state index in [4.69, 9.17) is 0 Å². The summed E-state index contributed by atoms with van der Waals surface area (Å²) in [5, 5.41) is 0. The molecule has 0 bridgehead atoms. The summed E-state index contributed by atoms with van der Waals surface area (Å²) in [7, 11) is 0. The lowest BCUT2D eigenvalue weighted by Crippen LogP contribution is -1.95. The summed E-state index contributed by atoms with van der Waals surface area (Å²) >= 11 is 0. The molecule has 0 heteroatoms. The average Bonchev–Trinajstić information content (AvgIpc) is 2.24. The van der Waals surface area contributed by atoms with Gasteiger partial charge in [0.15, 0.2) is 0 Å². The average molecular weight is 200 g/mol. The van der Waals surface area contributed by atoms with Crippen LogP contribution in [0.15, 0.2) is 23.8 Å². The monoisotopic (exact) mass is 200 g/mol. The molecule has 0 aromatic heterocycles. The van der Waals surface area contributed by atoms with E-state index in [0.717, 1.165) is 12.8 Å². The number of hydrogen-bond donors (Lipinski definition) is 0. The number of rotatable bonds is 3. The van der Waals surface area contributed by atoms with Crippen LogP contribution in [0.2, 0.25) is 0 Å². The van der Waals surface area contributed by atoms with Crippen molar-refractivity contribution in [3.8, 4) is 0 Å². The van der Waals surface area contributed by atoms with Gasteiger partial charge >= 0.3 is 0 Å². The molecule has 0 aliphatic heterocycles. The highest BCUT2D eigenvalue weighted by Gasteiger charge is 2.03. The molecule has 0 aliphatic carbocycles. The van der Waals surface area contributed by atoms with Crippen LogP contribution >= 0.6 is 0 Å². The Morgan fingerprint density at radius 2 is 2.00 bits per heavy atom. The van der Waals surface area contributed by atoms with Crippen LogP contribution < -0.4 is 0 Å². The van der Waals surface area contributed by atoms with Gasteiger partial charge in [-0.3, -0.25) is 0 Å². The molecule has 0 N–H and O–H groups in total. The molecule has 0 saturated carbocycles. The van der Waals surface area contributed by atoms with Crippen molar-refractivity contribution in [2.75, 3.05) is 0 Å². The van der Waals surface area contributed by atoms with Gasteiger partial charge in [0.2, 0.25) is 0 Å². The summed E-state index contributed by atoms with van der Waals surface area (Å²) in [6.45, 7) is 14.3. The lowest BCUT2D eigenvalue weighted by molar-refractivity contribution is 0.932. The number of allylic oxidation sites excluding steroid dienone is 2. The first-order valence-electron chi connectivity index (χ1n) is 5.42. The minimum Gasteiger partial charge on any atom is -0.0853 e. The lowest BCUT2D eigenvalue weighted by atomic mass is 9.95. The molecule has 15 heavy (non-hydrogen) atoms. The molecule has 1 aromatic rings. The highest BCUT2D eigenvalue weighted by Crippen LogP contribution is 2.19. The maximum absolute atomic E-state index is 4.15. The molecular weight excluding hydrogens is 180 g/mol. The Hall–Kier alpha value is -1.04. The zero-order chi connectivity index (χ0) is 11.4. The normalized spacial score (nSPS) is 11.9. The molecule has 0 atom stereocenters. The quantitative estimate of drug-likeness (QED) is 0.686. The van der Waals surface area contributed by atoms with E-state index in [1.807, 2.05) is 6.08 Å². The zero-order valence-electron chi connectivity index (χ0n) is 10.1. The largest absolute Gasteiger partial charge is 0.0853 e. The highest BCUT2D eigenvalue weighted by molar-refractivity contribution is 5.41. The molecule has 0 saturated heterocycles. The minimum atomic E-state index is 1.07. The number of hydrogen-bond acceptors (Lipinski definition) is 0. The second-order valence-electron chi connectivity index (χ2n) is 4.20. The van der Waals surface area contributed by atoms with Crippen molar-refractivity contribution in [2.24, 2.45) is 0 Å². The first-order valence-corrected chi connectivity index (χ1v) is 5.42. The molecule has 1 rings (SSSR count). The Morgan fingerprint density at radius 3 is 2.60 bits per heavy atom. The van der Waals surface area contributed by atoms with Crippen molar-refractivity contribution in [1.29, 1.82) is 0 Å². The molecule has 0 fully saturated rings. The Balaban J connectivity index is 2.83. The molecule has 0 aliphatic rings. The molecule has 0 unspecified atom stereocenters. The summed E-state index contributed by atoms with van der Waals surface area (Å²) in [4.78, 5) is 0. The van der Waals surface area contributed by atoms with Gasteiger partial charge in [0.05, 0.1) is 0 Å². The molecule has 0 amide bonds. The van der Waals surface area contributed by atoms with E-state index in [1.54, 1.807) is 0 Å². The SMILES string of the molecule is [CH2]/C=C(\C)CCc1ccc(C)c(C)c1[CH2]. The third-order valence-electron chi connectivity index (χ3n) is 3.10. The van der Waals surface area contributed by atoms with E-state index in [9.17, 15) is 0 Å². The fourth-order valence-corrected chi connectivity index (χ4v) is 1.60. The Labute approximate surface area is 94.0 Å². The highest BCUT2D eigenvalue weighted by atomic mass is 14.1. The maximum Gasteiger partial charge on any atom is -0.0233 e. The van der Waals surface area contributed by atoms with Crippen LogP contribution in [0.4, 0.5) is 0 Å². The zero-order valence-corrected chi connectivity index (χ0v) is 10.1. The molecular formula is C15H20. The Kier molecular flexibility index (Phi) is 4.14. The summed E-state index contributed by atoms with van der Waals surface area (Å²) in [5.74, 6) is 0. The van der Waals surface area contributed by atoms with Crippen LogP contribution in [0, 0.1) is 27.7 Å². The topological polar surface area (TPSA) is 0 Å². The fraction of sp³-hybridized carbons (Fsp3) is 0.333. The van der Waals surface area contributed by atoms with Crippen LogP contribution in [0.25, 0.3) is 0 Å². The fourth-order valence-electron chi connectivity index (χ4n) is 1.60. The van der Waals surface area contributed by atoms with Gasteiger partial charge in [0.1, 0.15) is 0 Å². The molecule has 2 radical (unpaired) electrons. The molecule has 0 nitrogen and oxygen atoms in total. The van der Waals surface area contributed by atoms with Crippen LogP contribution in [0.1, 0.15) is 35.6 Å². The second-order valence-corrected chi connectivity index (χ2v) is 4.20. The van der Waals surface area contributed by atoms with E-state index >= 15 is 0 Å². The summed E-state index contributed by atoms with van der Waals surface area (Å²) < 4.78 is 0. The van der Waals surface area contributed by atoms with Crippen molar-refractivity contribution in [1.82, 2.24) is 0 Å². The van der Waals surface area contributed by atoms with Gasteiger partial charge in [-0.15, -0.1) is 0 Å².